The molecule has 0 radical (unpaired) electrons. The molecule has 110 valence electrons. The summed E-state index contributed by atoms with van der Waals surface area (Å²) in [5.74, 6) is -0.160. The highest BCUT2D eigenvalue weighted by Crippen LogP contribution is 2.29. The molecular weight excluding hydrogens is 268 g/mol. The normalized spacial score (nSPS) is 11.2. The van der Waals surface area contributed by atoms with Gasteiger partial charge in [-0.2, -0.15) is 0 Å². The molecule has 1 N–H and O–H groups in total. The van der Waals surface area contributed by atoms with E-state index in [9.17, 15) is 4.79 Å². The van der Waals surface area contributed by atoms with Gasteiger partial charge in [0.15, 0.2) is 5.69 Å². The molecule has 21 heavy (non-hydrogen) atoms. The molecule has 0 saturated heterocycles. The molecule has 0 spiro atoms. The van der Waals surface area contributed by atoms with Crippen LogP contribution in [0.1, 0.15) is 42.4 Å². The Hall–Kier alpha value is -2.43. The number of rotatable bonds is 3. The first-order valence-electron chi connectivity index (χ1n) is 6.61. The summed E-state index contributed by atoms with van der Waals surface area (Å²) in [6.07, 6.45) is 2.48. The van der Waals surface area contributed by atoms with Crippen molar-refractivity contribution in [3.63, 3.8) is 0 Å². The minimum absolute atomic E-state index is 0.0756. The lowest BCUT2D eigenvalue weighted by atomic mass is 9.86. The van der Waals surface area contributed by atoms with Gasteiger partial charge in [-0.15, -0.1) is 0 Å². The van der Waals surface area contributed by atoms with Crippen molar-refractivity contribution >= 4 is 5.97 Å². The fourth-order valence-electron chi connectivity index (χ4n) is 1.82. The number of hydrogen-bond donors (Lipinski definition) is 1. The Labute approximate surface area is 123 Å². The van der Waals surface area contributed by atoms with Crippen molar-refractivity contribution in [2.75, 3.05) is 0 Å². The molecule has 0 amide bonds. The summed E-state index contributed by atoms with van der Waals surface area (Å²) in [6, 6.07) is 5.98. The smallest absolute Gasteiger partial charge is 0.356 e. The van der Waals surface area contributed by atoms with E-state index in [0.717, 1.165) is 5.56 Å². The monoisotopic (exact) mass is 286 g/mol. The third kappa shape index (κ3) is 3.56. The molecule has 0 aliphatic heterocycles. The number of benzene rings is 1. The molecule has 0 aliphatic rings. The maximum Gasteiger partial charge on any atom is 0.356 e. The molecule has 2 rings (SSSR count). The van der Waals surface area contributed by atoms with Crippen molar-refractivity contribution in [2.24, 2.45) is 0 Å². The standard InChI is InChI=1S/C16H18N2O3/c1-10-7-11(16(2,3)4)5-6-13(10)21-14-9-17-12(8-18-14)15(19)20/h5-9H,1-4H3,(H,19,20). The van der Waals surface area contributed by atoms with Crippen LogP contribution in [0.15, 0.2) is 30.6 Å². The van der Waals surface area contributed by atoms with Gasteiger partial charge in [-0.3, -0.25) is 0 Å². The fourth-order valence-corrected chi connectivity index (χ4v) is 1.82. The largest absolute Gasteiger partial charge is 0.476 e. The Morgan fingerprint density at radius 3 is 2.38 bits per heavy atom. The van der Waals surface area contributed by atoms with Crippen molar-refractivity contribution in [1.82, 2.24) is 9.97 Å². The molecule has 1 aromatic heterocycles. The van der Waals surface area contributed by atoms with Gasteiger partial charge < -0.3 is 9.84 Å². The molecule has 0 saturated carbocycles. The zero-order valence-corrected chi connectivity index (χ0v) is 12.5. The lowest BCUT2D eigenvalue weighted by molar-refractivity contribution is 0.0690. The maximum absolute atomic E-state index is 10.7. The number of hydrogen-bond acceptors (Lipinski definition) is 4. The Bertz CT molecular complexity index is 658. The Morgan fingerprint density at radius 2 is 1.90 bits per heavy atom. The summed E-state index contributed by atoms with van der Waals surface area (Å²) in [6.45, 7) is 8.42. The van der Waals surface area contributed by atoms with E-state index in [1.54, 1.807) is 0 Å². The van der Waals surface area contributed by atoms with Crippen LogP contribution in [0.5, 0.6) is 11.6 Å². The second-order valence-electron chi connectivity index (χ2n) is 5.88. The highest BCUT2D eigenvalue weighted by Gasteiger charge is 2.15. The molecule has 5 heteroatoms. The predicted octanol–water partition coefficient (Wildman–Crippen LogP) is 3.57. The van der Waals surface area contributed by atoms with Crippen molar-refractivity contribution in [3.05, 3.63) is 47.4 Å². The van der Waals surface area contributed by atoms with Crippen molar-refractivity contribution in [2.45, 2.75) is 33.1 Å². The van der Waals surface area contributed by atoms with E-state index in [2.05, 4.69) is 36.8 Å². The first-order valence-corrected chi connectivity index (χ1v) is 6.61. The van der Waals surface area contributed by atoms with Crippen LogP contribution in [0.3, 0.4) is 0 Å². The molecule has 0 atom stereocenters. The number of aromatic carboxylic acids is 1. The van der Waals surface area contributed by atoms with E-state index in [1.807, 2.05) is 19.1 Å². The first kappa shape index (κ1) is 15.0. The van der Waals surface area contributed by atoms with Gasteiger partial charge in [0, 0.05) is 0 Å². The van der Waals surface area contributed by atoms with E-state index < -0.39 is 5.97 Å². The van der Waals surface area contributed by atoms with Gasteiger partial charge in [-0.1, -0.05) is 32.9 Å². The number of carboxylic acid groups (broad SMARTS) is 1. The Kier molecular flexibility index (Phi) is 3.93. The van der Waals surface area contributed by atoms with E-state index in [4.69, 9.17) is 9.84 Å². The summed E-state index contributed by atoms with van der Waals surface area (Å²) in [5, 5.41) is 8.77. The second kappa shape index (κ2) is 5.52. The minimum Gasteiger partial charge on any atom is -0.476 e. The van der Waals surface area contributed by atoms with Gasteiger partial charge >= 0.3 is 5.97 Å². The Morgan fingerprint density at radius 1 is 1.19 bits per heavy atom. The van der Waals surface area contributed by atoms with Gasteiger partial charge in [0.05, 0.1) is 12.4 Å². The topological polar surface area (TPSA) is 72.3 Å². The summed E-state index contributed by atoms with van der Waals surface area (Å²) in [4.78, 5) is 18.4. The molecule has 5 nitrogen and oxygen atoms in total. The minimum atomic E-state index is -1.11. The number of ether oxygens (including phenoxy) is 1. The molecule has 0 bridgehead atoms. The number of aromatic nitrogens is 2. The van der Waals surface area contributed by atoms with Gasteiger partial charge in [-0.25, -0.2) is 14.8 Å². The predicted molar refractivity (Wildman–Crippen MR) is 78.9 cm³/mol. The van der Waals surface area contributed by atoms with Crippen LogP contribution in [0, 0.1) is 6.92 Å². The summed E-state index contributed by atoms with van der Waals surface area (Å²) in [5.41, 5.74) is 2.18. The third-order valence-corrected chi connectivity index (χ3v) is 3.10. The fraction of sp³-hybridized carbons (Fsp3) is 0.312. The lowest BCUT2D eigenvalue weighted by Gasteiger charge is -2.20. The Balaban J connectivity index is 2.22. The summed E-state index contributed by atoms with van der Waals surface area (Å²) < 4.78 is 5.64. The molecule has 1 aromatic carbocycles. The van der Waals surface area contributed by atoms with Crippen LogP contribution < -0.4 is 4.74 Å². The van der Waals surface area contributed by atoms with Crippen LogP contribution in [0.25, 0.3) is 0 Å². The summed E-state index contributed by atoms with van der Waals surface area (Å²) in [7, 11) is 0. The van der Waals surface area contributed by atoms with Crippen molar-refractivity contribution in [3.8, 4) is 11.6 Å². The van der Waals surface area contributed by atoms with Crippen LogP contribution >= 0.6 is 0 Å². The molecule has 0 unspecified atom stereocenters. The molecular formula is C16H18N2O3. The van der Waals surface area contributed by atoms with Gasteiger partial charge in [0.1, 0.15) is 5.75 Å². The zero-order chi connectivity index (χ0) is 15.6. The quantitative estimate of drug-likeness (QED) is 0.933. The van der Waals surface area contributed by atoms with E-state index in [0.29, 0.717) is 5.75 Å². The van der Waals surface area contributed by atoms with Crippen molar-refractivity contribution in [1.29, 1.82) is 0 Å². The zero-order valence-electron chi connectivity index (χ0n) is 12.5. The van der Waals surface area contributed by atoms with Gasteiger partial charge in [-0.05, 0) is 29.5 Å². The SMILES string of the molecule is Cc1cc(C(C)(C)C)ccc1Oc1cnc(C(=O)O)cn1. The van der Waals surface area contributed by atoms with Gasteiger partial charge in [0.25, 0.3) is 0 Å². The number of aryl methyl sites for hydroxylation is 1. The average molecular weight is 286 g/mol. The van der Waals surface area contributed by atoms with Crippen LogP contribution in [0.2, 0.25) is 0 Å². The maximum atomic E-state index is 10.7. The van der Waals surface area contributed by atoms with Gasteiger partial charge in [0.2, 0.25) is 5.88 Å². The number of nitrogens with zero attached hydrogens (tertiary/aromatic N) is 2. The van der Waals surface area contributed by atoms with Crippen molar-refractivity contribution < 1.29 is 14.6 Å². The average Bonchev–Trinajstić information content (AvgIpc) is 2.40. The lowest BCUT2D eigenvalue weighted by Crippen LogP contribution is -2.11. The number of carboxylic acids is 1. The molecule has 0 fully saturated rings. The molecule has 1 heterocycles. The third-order valence-electron chi connectivity index (χ3n) is 3.10. The van der Waals surface area contributed by atoms with Crippen LogP contribution in [0.4, 0.5) is 0 Å². The molecule has 2 aromatic rings. The van der Waals surface area contributed by atoms with E-state index in [1.165, 1.54) is 18.0 Å². The highest BCUT2D eigenvalue weighted by molar-refractivity contribution is 5.84. The second-order valence-corrected chi connectivity index (χ2v) is 5.88. The molecule has 0 aliphatic carbocycles. The van der Waals surface area contributed by atoms with Crippen LogP contribution in [-0.4, -0.2) is 21.0 Å². The summed E-state index contributed by atoms with van der Waals surface area (Å²) >= 11 is 0. The van der Waals surface area contributed by atoms with Crippen LogP contribution in [-0.2, 0) is 5.41 Å². The van der Waals surface area contributed by atoms with E-state index >= 15 is 0 Å². The first-order chi connectivity index (χ1) is 9.77. The van der Waals surface area contributed by atoms with E-state index in [-0.39, 0.29) is 17.0 Å². The highest BCUT2D eigenvalue weighted by atomic mass is 16.5. The number of carbonyl (C=O) groups is 1.